The second kappa shape index (κ2) is 8.01. The number of hydrogen-bond acceptors (Lipinski definition) is 3. The average molecular weight is 326 g/mol. The van der Waals surface area contributed by atoms with E-state index in [1.165, 1.54) is 0 Å². The van der Waals surface area contributed by atoms with Crippen LogP contribution in [0.3, 0.4) is 0 Å². The summed E-state index contributed by atoms with van der Waals surface area (Å²) < 4.78 is 0. The fourth-order valence-electron chi connectivity index (χ4n) is 2.23. The molecule has 1 unspecified atom stereocenters. The molecule has 0 saturated heterocycles. The minimum absolute atomic E-state index is 0.0727. The number of benzene rings is 2. The summed E-state index contributed by atoms with van der Waals surface area (Å²) in [5.74, 6) is -0.371. The number of amides is 3. The van der Waals surface area contributed by atoms with E-state index >= 15 is 0 Å². The Bertz CT molecular complexity index is 684. The standard InChI is InChI=1S/C18H22N4O2/c1-12(2)16(22-18(19)24)17(23)21-15-10-8-14(9-11-15)20-13-6-4-3-5-7-13/h3-12,16,20H,1-2H3,(H,21,23)(H3,19,22,24). The van der Waals surface area contributed by atoms with Crippen molar-refractivity contribution in [3.8, 4) is 0 Å². The molecule has 0 aromatic heterocycles. The van der Waals surface area contributed by atoms with Crippen LogP contribution in [0.1, 0.15) is 13.8 Å². The highest BCUT2D eigenvalue weighted by atomic mass is 16.2. The van der Waals surface area contributed by atoms with E-state index < -0.39 is 12.1 Å². The Balaban J connectivity index is 2.00. The summed E-state index contributed by atoms with van der Waals surface area (Å²) in [5, 5.41) is 8.51. The Morgan fingerprint density at radius 2 is 1.42 bits per heavy atom. The van der Waals surface area contributed by atoms with Gasteiger partial charge in [0.25, 0.3) is 0 Å². The maximum Gasteiger partial charge on any atom is 0.312 e. The first kappa shape index (κ1) is 17.3. The van der Waals surface area contributed by atoms with Gasteiger partial charge in [-0.3, -0.25) is 4.79 Å². The van der Waals surface area contributed by atoms with Crippen molar-refractivity contribution >= 4 is 29.0 Å². The average Bonchev–Trinajstić information content (AvgIpc) is 2.55. The summed E-state index contributed by atoms with van der Waals surface area (Å²) in [5.41, 5.74) is 7.66. The first-order chi connectivity index (χ1) is 11.5. The van der Waals surface area contributed by atoms with Gasteiger partial charge in [0.05, 0.1) is 0 Å². The van der Waals surface area contributed by atoms with Crippen molar-refractivity contribution in [3.63, 3.8) is 0 Å². The van der Waals surface area contributed by atoms with Crippen LogP contribution in [0.4, 0.5) is 21.9 Å². The lowest BCUT2D eigenvalue weighted by Gasteiger charge is -2.20. The van der Waals surface area contributed by atoms with E-state index in [0.717, 1.165) is 11.4 Å². The molecule has 3 amide bonds. The summed E-state index contributed by atoms with van der Waals surface area (Å²) in [4.78, 5) is 23.3. The molecular weight excluding hydrogens is 304 g/mol. The highest BCUT2D eigenvalue weighted by Gasteiger charge is 2.23. The number of hydrogen-bond donors (Lipinski definition) is 4. The fraction of sp³-hybridized carbons (Fsp3) is 0.222. The molecule has 0 radical (unpaired) electrons. The van der Waals surface area contributed by atoms with Crippen molar-refractivity contribution in [1.82, 2.24) is 5.32 Å². The smallest absolute Gasteiger partial charge is 0.312 e. The topological polar surface area (TPSA) is 96.2 Å². The Hall–Kier alpha value is -3.02. The minimum atomic E-state index is -0.716. The lowest BCUT2D eigenvalue weighted by molar-refractivity contribution is -0.118. The van der Waals surface area contributed by atoms with Crippen LogP contribution >= 0.6 is 0 Å². The highest BCUT2D eigenvalue weighted by Crippen LogP contribution is 2.19. The van der Waals surface area contributed by atoms with Crippen LogP contribution in [0.25, 0.3) is 0 Å². The number of carbonyl (C=O) groups is 2. The Morgan fingerprint density at radius 1 is 0.875 bits per heavy atom. The SMILES string of the molecule is CC(C)C(NC(N)=O)C(=O)Nc1ccc(Nc2ccccc2)cc1. The molecule has 1 atom stereocenters. The molecule has 0 saturated carbocycles. The van der Waals surface area contributed by atoms with Crippen LogP contribution in [-0.4, -0.2) is 18.0 Å². The van der Waals surface area contributed by atoms with Gasteiger partial charge in [-0.25, -0.2) is 4.79 Å². The van der Waals surface area contributed by atoms with Gasteiger partial charge in [-0.2, -0.15) is 0 Å². The molecule has 0 heterocycles. The van der Waals surface area contributed by atoms with Gasteiger partial charge in [0.15, 0.2) is 0 Å². The van der Waals surface area contributed by atoms with Crippen molar-refractivity contribution in [2.24, 2.45) is 11.7 Å². The highest BCUT2D eigenvalue weighted by molar-refractivity contribution is 5.97. The molecule has 0 aliphatic heterocycles. The molecule has 2 rings (SSSR count). The van der Waals surface area contributed by atoms with Gasteiger partial charge in [0.1, 0.15) is 6.04 Å². The summed E-state index contributed by atoms with van der Waals surface area (Å²) >= 11 is 0. The molecule has 6 nitrogen and oxygen atoms in total. The van der Waals surface area contributed by atoms with Crippen LogP contribution in [0, 0.1) is 5.92 Å². The normalized spacial score (nSPS) is 11.6. The van der Waals surface area contributed by atoms with E-state index in [4.69, 9.17) is 5.73 Å². The zero-order valence-corrected chi connectivity index (χ0v) is 13.7. The molecular formula is C18H22N4O2. The molecule has 0 bridgehead atoms. The summed E-state index contributed by atoms with van der Waals surface area (Å²) in [7, 11) is 0. The summed E-state index contributed by atoms with van der Waals surface area (Å²) in [6, 6.07) is 15.7. The van der Waals surface area contributed by atoms with E-state index in [1.54, 1.807) is 12.1 Å². The zero-order chi connectivity index (χ0) is 17.5. The van der Waals surface area contributed by atoms with Crippen LogP contribution in [0.2, 0.25) is 0 Å². The van der Waals surface area contributed by atoms with Gasteiger partial charge in [-0.1, -0.05) is 32.0 Å². The predicted molar refractivity (Wildman–Crippen MR) is 96.1 cm³/mol. The van der Waals surface area contributed by atoms with Crippen LogP contribution in [0.15, 0.2) is 54.6 Å². The summed E-state index contributed by atoms with van der Waals surface area (Å²) in [6.07, 6.45) is 0. The van der Waals surface area contributed by atoms with Crippen molar-refractivity contribution in [1.29, 1.82) is 0 Å². The molecule has 126 valence electrons. The van der Waals surface area contributed by atoms with Gasteiger partial charge < -0.3 is 21.7 Å². The van der Waals surface area contributed by atoms with Gasteiger partial charge in [-0.15, -0.1) is 0 Å². The molecule has 0 fully saturated rings. The van der Waals surface area contributed by atoms with Gasteiger partial charge in [-0.05, 0) is 42.3 Å². The number of nitrogens with one attached hydrogen (secondary N) is 3. The van der Waals surface area contributed by atoms with Crippen LogP contribution < -0.4 is 21.7 Å². The van der Waals surface area contributed by atoms with E-state index in [-0.39, 0.29) is 11.8 Å². The van der Waals surface area contributed by atoms with Crippen molar-refractivity contribution in [2.75, 3.05) is 10.6 Å². The third-order valence-electron chi connectivity index (χ3n) is 3.46. The number of para-hydroxylation sites is 1. The van der Waals surface area contributed by atoms with Crippen molar-refractivity contribution < 1.29 is 9.59 Å². The van der Waals surface area contributed by atoms with E-state index in [0.29, 0.717) is 5.69 Å². The molecule has 24 heavy (non-hydrogen) atoms. The maximum atomic E-state index is 12.3. The number of nitrogens with two attached hydrogens (primary N) is 1. The van der Waals surface area contributed by atoms with Gasteiger partial charge in [0.2, 0.25) is 5.91 Å². The van der Waals surface area contributed by atoms with Gasteiger partial charge in [0, 0.05) is 17.1 Å². The van der Waals surface area contributed by atoms with E-state index in [2.05, 4.69) is 16.0 Å². The Labute approximate surface area is 141 Å². The molecule has 2 aromatic rings. The second-order valence-corrected chi connectivity index (χ2v) is 5.79. The monoisotopic (exact) mass is 326 g/mol. The Morgan fingerprint density at radius 3 is 1.96 bits per heavy atom. The molecule has 0 aliphatic rings. The lowest BCUT2D eigenvalue weighted by Crippen LogP contribution is -2.49. The number of urea groups is 1. The van der Waals surface area contributed by atoms with E-state index in [9.17, 15) is 9.59 Å². The molecule has 6 heteroatoms. The molecule has 5 N–H and O–H groups in total. The van der Waals surface area contributed by atoms with Crippen LogP contribution in [-0.2, 0) is 4.79 Å². The number of rotatable bonds is 6. The van der Waals surface area contributed by atoms with Crippen molar-refractivity contribution in [3.05, 3.63) is 54.6 Å². The van der Waals surface area contributed by atoms with E-state index in [1.807, 2.05) is 56.3 Å². The quantitative estimate of drug-likeness (QED) is 0.657. The lowest BCUT2D eigenvalue weighted by atomic mass is 10.0. The summed E-state index contributed by atoms with van der Waals surface area (Å²) in [6.45, 7) is 3.68. The Kier molecular flexibility index (Phi) is 5.78. The molecule has 0 spiro atoms. The largest absolute Gasteiger partial charge is 0.356 e. The third kappa shape index (κ3) is 5.01. The van der Waals surface area contributed by atoms with Crippen LogP contribution in [0.5, 0.6) is 0 Å². The number of carbonyl (C=O) groups excluding carboxylic acids is 2. The third-order valence-corrected chi connectivity index (χ3v) is 3.46. The first-order valence-electron chi connectivity index (χ1n) is 7.74. The molecule has 2 aromatic carbocycles. The minimum Gasteiger partial charge on any atom is -0.356 e. The van der Waals surface area contributed by atoms with Crippen molar-refractivity contribution in [2.45, 2.75) is 19.9 Å². The number of primary amides is 1. The first-order valence-corrected chi connectivity index (χ1v) is 7.74. The zero-order valence-electron chi connectivity index (χ0n) is 13.7. The maximum absolute atomic E-state index is 12.3. The number of anilines is 3. The second-order valence-electron chi connectivity index (χ2n) is 5.79. The predicted octanol–water partition coefficient (Wildman–Crippen LogP) is 3.06. The fourth-order valence-corrected chi connectivity index (χ4v) is 2.23. The van der Waals surface area contributed by atoms with Gasteiger partial charge >= 0.3 is 6.03 Å². The molecule has 0 aliphatic carbocycles.